The SMILES string of the molecule is COc1cccc(OCCCn2c(CNC(=O)c3ccccn3)nc3ccccc32)c1. The van der Waals surface area contributed by atoms with Gasteiger partial charge in [0.15, 0.2) is 0 Å². The van der Waals surface area contributed by atoms with E-state index in [1.165, 1.54) is 0 Å². The van der Waals surface area contributed by atoms with Gasteiger partial charge >= 0.3 is 0 Å². The summed E-state index contributed by atoms with van der Waals surface area (Å²) >= 11 is 0. The number of fused-ring (bicyclic) bond motifs is 1. The molecule has 0 fully saturated rings. The lowest BCUT2D eigenvalue weighted by Gasteiger charge is -2.11. The van der Waals surface area contributed by atoms with Crippen LogP contribution in [-0.4, -0.2) is 34.2 Å². The molecule has 2 aromatic carbocycles. The fourth-order valence-corrected chi connectivity index (χ4v) is 3.36. The first-order valence-electron chi connectivity index (χ1n) is 10.1. The summed E-state index contributed by atoms with van der Waals surface area (Å²) in [5, 5.41) is 2.92. The van der Waals surface area contributed by atoms with Crippen LogP contribution in [0, 0.1) is 0 Å². The molecule has 4 rings (SSSR count). The van der Waals surface area contributed by atoms with Gasteiger partial charge in [0, 0.05) is 18.8 Å². The Bertz CT molecular complexity index is 1160. The lowest BCUT2D eigenvalue weighted by Crippen LogP contribution is -2.25. The van der Waals surface area contributed by atoms with E-state index < -0.39 is 0 Å². The molecule has 0 radical (unpaired) electrons. The van der Waals surface area contributed by atoms with Crippen molar-refractivity contribution in [1.29, 1.82) is 0 Å². The number of benzene rings is 2. The van der Waals surface area contributed by atoms with Crippen LogP contribution in [0.1, 0.15) is 22.7 Å². The van der Waals surface area contributed by atoms with Gasteiger partial charge in [0.05, 0.1) is 31.3 Å². The molecule has 2 heterocycles. The first kappa shape index (κ1) is 20.4. The lowest BCUT2D eigenvalue weighted by molar-refractivity contribution is 0.0944. The second kappa shape index (κ2) is 9.75. The molecule has 0 saturated heterocycles. The highest BCUT2D eigenvalue weighted by atomic mass is 16.5. The fraction of sp³-hybridized carbons (Fsp3) is 0.208. The third-order valence-corrected chi connectivity index (χ3v) is 4.87. The van der Waals surface area contributed by atoms with Crippen LogP contribution >= 0.6 is 0 Å². The van der Waals surface area contributed by atoms with E-state index in [1.807, 2.05) is 48.5 Å². The summed E-state index contributed by atoms with van der Waals surface area (Å²) in [7, 11) is 1.64. The molecule has 7 nitrogen and oxygen atoms in total. The predicted molar refractivity (Wildman–Crippen MR) is 118 cm³/mol. The molecule has 1 N–H and O–H groups in total. The van der Waals surface area contributed by atoms with Crippen molar-refractivity contribution in [1.82, 2.24) is 19.9 Å². The number of aromatic nitrogens is 3. The standard InChI is InChI=1S/C24H24N4O3/c1-30-18-8-6-9-19(16-18)31-15-7-14-28-22-12-3-2-10-20(22)27-23(28)17-26-24(29)21-11-4-5-13-25-21/h2-6,8-13,16H,7,14-15,17H2,1H3,(H,26,29). The number of imidazole rings is 1. The Morgan fingerprint density at radius 1 is 1.03 bits per heavy atom. The first-order chi connectivity index (χ1) is 15.2. The summed E-state index contributed by atoms with van der Waals surface area (Å²) in [6.45, 7) is 1.60. The highest BCUT2D eigenvalue weighted by Gasteiger charge is 2.13. The molecule has 0 saturated carbocycles. The van der Waals surface area contributed by atoms with Crippen molar-refractivity contribution in [3.05, 3.63) is 84.4 Å². The van der Waals surface area contributed by atoms with E-state index in [4.69, 9.17) is 14.5 Å². The van der Waals surface area contributed by atoms with Crippen LogP contribution < -0.4 is 14.8 Å². The highest BCUT2D eigenvalue weighted by Crippen LogP contribution is 2.20. The molecule has 0 bridgehead atoms. The van der Waals surface area contributed by atoms with Gasteiger partial charge in [-0.05, 0) is 42.8 Å². The van der Waals surface area contributed by atoms with Gasteiger partial charge in [0.1, 0.15) is 23.0 Å². The molecule has 0 aliphatic heterocycles. The minimum absolute atomic E-state index is 0.222. The topological polar surface area (TPSA) is 78.3 Å². The molecule has 0 aliphatic carbocycles. The quantitative estimate of drug-likeness (QED) is 0.420. The van der Waals surface area contributed by atoms with E-state index in [9.17, 15) is 4.79 Å². The average molecular weight is 416 g/mol. The summed E-state index contributed by atoms with van der Waals surface area (Å²) in [6.07, 6.45) is 2.39. The zero-order valence-corrected chi connectivity index (χ0v) is 17.3. The van der Waals surface area contributed by atoms with E-state index >= 15 is 0 Å². The number of pyridine rings is 1. The summed E-state index contributed by atoms with van der Waals surface area (Å²) < 4.78 is 13.2. The van der Waals surface area contributed by atoms with E-state index in [0.717, 1.165) is 41.3 Å². The van der Waals surface area contributed by atoms with Crippen molar-refractivity contribution in [3.8, 4) is 11.5 Å². The molecule has 0 aliphatic rings. The number of methoxy groups -OCH3 is 1. The maximum atomic E-state index is 12.4. The predicted octanol–water partition coefficient (Wildman–Crippen LogP) is 3.84. The van der Waals surface area contributed by atoms with Crippen LogP contribution in [0.3, 0.4) is 0 Å². The van der Waals surface area contributed by atoms with Crippen molar-refractivity contribution in [2.75, 3.05) is 13.7 Å². The molecule has 0 spiro atoms. The zero-order valence-electron chi connectivity index (χ0n) is 17.3. The van der Waals surface area contributed by atoms with Crippen LogP contribution in [0.25, 0.3) is 11.0 Å². The molecule has 7 heteroatoms. The van der Waals surface area contributed by atoms with Gasteiger partial charge in [-0.1, -0.05) is 24.3 Å². The third kappa shape index (κ3) is 5.01. The average Bonchev–Trinajstić information content (AvgIpc) is 3.18. The van der Waals surface area contributed by atoms with Crippen LogP contribution in [0.4, 0.5) is 0 Å². The monoisotopic (exact) mass is 416 g/mol. The molecular formula is C24H24N4O3. The number of aryl methyl sites for hydroxylation is 1. The number of carbonyl (C=O) groups excluding carboxylic acids is 1. The smallest absolute Gasteiger partial charge is 0.270 e. The summed E-state index contributed by atoms with van der Waals surface area (Å²) in [6, 6.07) is 20.8. The zero-order chi connectivity index (χ0) is 21.5. The van der Waals surface area contributed by atoms with Crippen molar-refractivity contribution in [2.45, 2.75) is 19.5 Å². The summed E-state index contributed by atoms with van der Waals surface area (Å²) in [5.41, 5.74) is 2.32. The van der Waals surface area contributed by atoms with Gasteiger partial charge in [0.25, 0.3) is 5.91 Å². The number of ether oxygens (including phenoxy) is 2. The number of rotatable bonds is 9. The Morgan fingerprint density at radius 2 is 1.87 bits per heavy atom. The number of nitrogens with zero attached hydrogens (tertiary/aromatic N) is 3. The molecule has 4 aromatic rings. The van der Waals surface area contributed by atoms with Gasteiger partial charge in [-0.25, -0.2) is 4.98 Å². The largest absolute Gasteiger partial charge is 0.497 e. The van der Waals surface area contributed by atoms with Gasteiger partial charge in [0.2, 0.25) is 0 Å². The van der Waals surface area contributed by atoms with E-state index in [-0.39, 0.29) is 5.91 Å². The van der Waals surface area contributed by atoms with Crippen LogP contribution in [0.2, 0.25) is 0 Å². The number of nitrogens with one attached hydrogen (secondary N) is 1. The number of hydrogen-bond acceptors (Lipinski definition) is 5. The van der Waals surface area contributed by atoms with Crippen LogP contribution in [0.15, 0.2) is 72.9 Å². The van der Waals surface area contributed by atoms with Crippen molar-refractivity contribution in [2.24, 2.45) is 0 Å². The third-order valence-electron chi connectivity index (χ3n) is 4.87. The highest BCUT2D eigenvalue weighted by molar-refractivity contribution is 5.92. The van der Waals surface area contributed by atoms with E-state index in [1.54, 1.807) is 31.5 Å². The van der Waals surface area contributed by atoms with Gasteiger partial charge in [-0.2, -0.15) is 0 Å². The van der Waals surface area contributed by atoms with Gasteiger partial charge in [-0.3, -0.25) is 9.78 Å². The molecule has 158 valence electrons. The molecular weight excluding hydrogens is 392 g/mol. The van der Waals surface area contributed by atoms with E-state index in [0.29, 0.717) is 18.8 Å². The molecule has 0 unspecified atom stereocenters. The van der Waals surface area contributed by atoms with Crippen LogP contribution in [0.5, 0.6) is 11.5 Å². The fourth-order valence-electron chi connectivity index (χ4n) is 3.36. The summed E-state index contributed by atoms with van der Waals surface area (Å²) in [4.78, 5) is 21.2. The Morgan fingerprint density at radius 3 is 2.71 bits per heavy atom. The molecule has 0 atom stereocenters. The Hall–Kier alpha value is -3.87. The molecule has 31 heavy (non-hydrogen) atoms. The van der Waals surface area contributed by atoms with Crippen LogP contribution in [-0.2, 0) is 13.1 Å². The minimum atomic E-state index is -0.222. The van der Waals surface area contributed by atoms with Crippen molar-refractivity contribution in [3.63, 3.8) is 0 Å². The second-order valence-corrected chi connectivity index (χ2v) is 6.95. The Labute approximate surface area is 180 Å². The van der Waals surface area contributed by atoms with Crippen molar-refractivity contribution < 1.29 is 14.3 Å². The summed E-state index contributed by atoms with van der Waals surface area (Å²) in [5.74, 6) is 2.12. The number of hydrogen-bond donors (Lipinski definition) is 1. The maximum absolute atomic E-state index is 12.4. The second-order valence-electron chi connectivity index (χ2n) is 6.95. The first-order valence-corrected chi connectivity index (χ1v) is 10.1. The number of carbonyl (C=O) groups is 1. The lowest BCUT2D eigenvalue weighted by atomic mass is 10.3. The normalized spacial score (nSPS) is 10.7. The van der Waals surface area contributed by atoms with E-state index in [2.05, 4.69) is 14.9 Å². The number of para-hydroxylation sites is 2. The molecule has 2 aromatic heterocycles. The van der Waals surface area contributed by atoms with Crippen molar-refractivity contribution >= 4 is 16.9 Å². The van der Waals surface area contributed by atoms with Gasteiger partial charge < -0.3 is 19.4 Å². The number of amides is 1. The Balaban J connectivity index is 1.42. The molecule has 1 amide bonds. The maximum Gasteiger partial charge on any atom is 0.270 e. The van der Waals surface area contributed by atoms with Gasteiger partial charge in [-0.15, -0.1) is 0 Å². The minimum Gasteiger partial charge on any atom is -0.497 e. The Kier molecular flexibility index (Phi) is 6.42.